The van der Waals surface area contributed by atoms with E-state index in [1.165, 1.54) is 0 Å². The lowest BCUT2D eigenvalue weighted by Crippen LogP contribution is -2.45. The Bertz CT molecular complexity index is 387. The van der Waals surface area contributed by atoms with Crippen LogP contribution in [-0.2, 0) is 16.1 Å². The number of ether oxygens (including phenoxy) is 1. The number of anilines is 1. The third kappa shape index (κ3) is 3.20. The number of para-hydroxylation sites is 1. The number of hydrogen-bond donors (Lipinski definition) is 2. The number of amides is 1. The molecule has 0 saturated heterocycles. The van der Waals surface area contributed by atoms with E-state index < -0.39 is 5.60 Å². The van der Waals surface area contributed by atoms with Crippen molar-refractivity contribution in [1.29, 1.82) is 0 Å². The van der Waals surface area contributed by atoms with Crippen molar-refractivity contribution in [2.45, 2.75) is 32.4 Å². The molecule has 0 radical (unpaired) electrons. The van der Waals surface area contributed by atoms with Crippen molar-refractivity contribution in [3.63, 3.8) is 0 Å². The lowest BCUT2D eigenvalue weighted by atomic mass is 10.0. The van der Waals surface area contributed by atoms with Crippen LogP contribution in [0.5, 0.6) is 0 Å². The molecule has 0 saturated carbocycles. The van der Waals surface area contributed by atoms with E-state index in [9.17, 15) is 4.79 Å². The molecule has 1 amide bonds. The second-order valence-corrected chi connectivity index (χ2v) is 4.17. The third-order valence-corrected chi connectivity index (χ3v) is 3.10. The summed E-state index contributed by atoms with van der Waals surface area (Å²) in [6.45, 7) is 4.11. The van der Waals surface area contributed by atoms with Crippen LogP contribution in [0.2, 0.25) is 0 Å². The SMILES string of the molecule is CCC(C)(OC)C(=O)NCc1ccccc1N. The highest BCUT2D eigenvalue weighted by molar-refractivity contribution is 5.84. The van der Waals surface area contributed by atoms with Gasteiger partial charge in [0.25, 0.3) is 5.91 Å². The molecule has 0 aliphatic rings. The van der Waals surface area contributed by atoms with E-state index in [-0.39, 0.29) is 5.91 Å². The minimum atomic E-state index is -0.774. The minimum Gasteiger partial charge on any atom is -0.398 e. The van der Waals surface area contributed by atoms with Crippen LogP contribution >= 0.6 is 0 Å². The lowest BCUT2D eigenvalue weighted by molar-refractivity contribution is -0.142. The first kappa shape index (κ1) is 13.5. The number of rotatable bonds is 5. The largest absolute Gasteiger partial charge is 0.398 e. The highest BCUT2D eigenvalue weighted by Gasteiger charge is 2.30. The molecule has 0 aromatic heterocycles. The van der Waals surface area contributed by atoms with E-state index in [0.29, 0.717) is 18.7 Å². The van der Waals surface area contributed by atoms with Gasteiger partial charge in [0.15, 0.2) is 0 Å². The summed E-state index contributed by atoms with van der Waals surface area (Å²) < 4.78 is 5.22. The summed E-state index contributed by atoms with van der Waals surface area (Å²) in [7, 11) is 1.54. The van der Waals surface area contributed by atoms with Gasteiger partial charge in [-0.1, -0.05) is 25.1 Å². The van der Waals surface area contributed by atoms with Gasteiger partial charge in [0.05, 0.1) is 0 Å². The fourth-order valence-electron chi connectivity index (χ4n) is 1.46. The van der Waals surface area contributed by atoms with Crippen molar-refractivity contribution in [3.05, 3.63) is 29.8 Å². The van der Waals surface area contributed by atoms with Crippen LogP contribution in [0, 0.1) is 0 Å². The topological polar surface area (TPSA) is 64.3 Å². The standard InChI is InChI=1S/C13H20N2O2/c1-4-13(2,17-3)12(16)15-9-10-7-5-6-8-11(10)14/h5-8H,4,9,14H2,1-3H3,(H,15,16). The zero-order valence-electron chi connectivity index (χ0n) is 10.6. The normalized spacial score (nSPS) is 14.1. The number of nitrogens with two attached hydrogens (primary N) is 1. The van der Waals surface area contributed by atoms with Crippen LogP contribution in [0.1, 0.15) is 25.8 Å². The Labute approximate surface area is 102 Å². The second kappa shape index (κ2) is 5.68. The maximum atomic E-state index is 11.9. The molecule has 0 aliphatic heterocycles. The second-order valence-electron chi connectivity index (χ2n) is 4.17. The van der Waals surface area contributed by atoms with Gasteiger partial charge >= 0.3 is 0 Å². The molecule has 1 rings (SSSR count). The summed E-state index contributed by atoms with van der Waals surface area (Å²) in [6, 6.07) is 7.47. The molecule has 1 unspecified atom stereocenters. The number of nitrogens with one attached hydrogen (secondary N) is 1. The Kier molecular flexibility index (Phi) is 4.52. The van der Waals surface area contributed by atoms with Crippen LogP contribution in [0.15, 0.2) is 24.3 Å². The lowest BCUT2D eigenvalue weighted by Gasteiger charge is -2.25. The van der Waals surface area contributed by atoms with E-state index in [2.05, 4.69) is 5.32 Å². The van der Waals surface area contributed by atoms with Gasteiger partial charge in [-0.25, -0.2) is 0 Å². The molecule has 1 aromatic carbocycles. The molecule has 0 aliphatic carbocycles. The fourth-order valence-corrected chi connectivity index (χ4v) is 1.46. The zero-order chi connectivity index (χ0) is 12.9. The summed E-state index contributed by atoms with van der Waals surface area (Å²) in [4.78, 5) is 11.9. The summed E-state index contributed by atoms with van der Waals surface area (Å²) in [5.74, 6) is -0.120. The molecule has 1 atom stereocenters. The van der Waals surface area contributed by atoms with Gasteiger partial charge in [0.1, 0.15) is 5.60 Å². The van der Waals surface area contributed by atoms with Crippen LogP contribution in [0.4, 0.5) is 5.69 Å². The van der Waals surface area contributed by atoms with Crippen molar-refractivity contribution < 1.29 is 9.53 Å². The van der Waals surface area contributed by atoms with Crippen molar-refractivity contribution in [2.24, 2.45) is 0 Å². The van der Waals surface area contributed by atoms with Gasteiger partial charge < -0.3 is 15.8 Å². The molecule has 94 valence electrons. The Hall–Kier alpha value is -1.55. The smallest absolute Gasteiger partial charge is 0.252 e. The third-order valence-electron chi connectivity index (χ3n) is 3.10. The number of hydrogen-bond acceptors (Lipinski definition) is 3. The minimum absolute atomic E-state index is 0.120. The van der Waals surface area contributed by atoms with E-state index in [0.717, 1.165) is 5.56 Å². The Morgan fingerprint density at radius 2 is 2.12 bits per heavy atom. The number of nitrogen functional groups attached to an aromatic ring is 1. The molecule has 1 aromatic rings. The average molecular weight is 236 g/mol. The summed E-state index contributed by atoms with van der Waals surface area (Å²) in [5, 5.41) is 2.84. The van der Waals surface area contributed by atoms with Crippen molar-refractivity contribution >= 4 is 11.6 Å². The molecule has 0 bridgehead atoms. The van der Waals surface area contributed by atoms with Crippen LogP contribution < -0.4 is 11.1 Å². The molecular formula is C13H20N2O2. The van der Waals surface area contributed by atoms with E-state index >= 15 is 0 Å². The van der Waals surface area contributed by atoms with Crippen LogP contribution in [0.25, 0.3) is 0 Å². The predicted molar refractivity (Wildman–Crippen MR) is 68.4 cm³/mol. The van der Waals surface area contributed by atoms with Crippen molar-refractivity contribution in [1.82, 2.24) is 5.32 Å². The number of benzene rings is 1. The molecule has 0 spiro atoms. The van der Waals surface area contributed by atoms with Crippen molar-refractivity contribution in [2.75, 3.05) is 12.8 Å². The number of carbonyl (C=O) groups excluding carboxylic acids is 1. The quantitative estimate of drug-likeness (QED) is 0.765. The van der Waals surface area contributed by atoms with E-state index in [4.69, 9.17) is 10.5 Å². The van der Waals surface area contributed by atoms with Gasteiger partial charge in [-0.15, -0.1) is 0 Å². The molecule has 3 N–H and O–H groups in total. The average Bonchev–Trinajstić information content (AvgIpc) is 2.36. The summed E-state index contributed by atoms with van der Waals surface area (Å²) in [6.07, 6.45) is 0.625. The summed E-state index contributed by atoms with van der Waals surface area (Å²) in [5.41, 5.74) is 6.62. The van der Waals surface area contributed by atoms with Gasteiger partial charge in [-0.2, -0.15) is 0 Å². The van der Waals surface area contributed by atoms with Gasteiger partial charge in [0.2, 0.25) is 0 Å². The predicted octanol–water partition coefficient (Wildman–Crippen LogP) is 1.70. The highest BCUT2D eigenvalue weighted by atomic mass is 16.5. The van der Waals surface area contributed by atoms with Gasteiger partial charge in [-0.05, 0) is 25.0 Å². The molecule has 0 fully saturated rings. The van der Waals surface area contributed by atoms with Crippen LogP contribution in [0.3, 0.4) is 0 Å². The number of carbonyl (C=O) groups is 1. The van der Waals surface area contributed by atoms with Crippen molar-refractivity contribution in [3.8, 4) is 0 Å². The molecular weight excluding hydrogens is 216 g/mol. The Morgan fingerprint density at radius 1 is 1.47 bits per heavy atom. The van der Waals surface area contributed by atoms with Crippen LogP contribution in [-0.4, -0.2) is 18.6 Å². The first-order valence-corrected chi connectivity index (χ1v) is 5.70. The molecule has 0 heterocycles. The van der Waals surface area contributed by atoms with Gasteiger partial charge in [-0.3, -0.25) is 4.79 Å². The zero-order valence-corrected chi connectivity index (χ0v) is 10.6. The molecule has 4 heteroatoms. The first-order chi connectivity index (χ1) is 8.03. The maximum Gasteiger partial charge on any atom is 0.252 e. The Morgan fingerprint density at radius 3 is 2.65 bits per heavy atom. The summed E-state index contributed by atoms with van der Waals surface area (Å²) >= 11 is 0. The number of methoxy groups -OCH3 is 1. The first-order valence-electron chi connectivity index (χ1n) is 5.70. The maximum absolute atomic E-state index is 11.9. The monoisotopic (exact) mass is 236 g/mol. The fraction of sp³-hybridized carbons (Fsp3) is 0.462. The highest BCUT2D eigenvalue weighted by Crippen LogP contribution is 2.15. The van der Waals surface area contributed by atoms with E-state index in [1.54, 1.807) is 14.0 Å². The molecule has 17 heavy (non-hydrogen) atoms. The molecule has 4 nitrogen and oxygen atoms in total. The van der Waals surface area contributed by atoms with E-state index in [1.807, 2.05) is 31.2 Å². The Balaban J connectivity index is 2.63. The van der Waals surface area contributed by atoms with Gasteiger partial charge in [0, 0.05) is 19.3 Å².